The van der Waals surface area contributed by atoms with Gasteiger partial charge in [0, 0.05) is 0 Å². The Hall–Kier alpha value is -1.06. The highest BCUT2D eigenvalue weighted by Crippen LogP contribution is 2.14. The molecule has 1 rings (SSSR count). The molecule has 1 aliphatic rings. The van der Waals surface area contributed by atoms with Gasteiger partial charge < -0.3 is 4.74 Å². The number of carbonyl (C=O) groups is 2. The van der Waals surface area contributed by atoms with Gasteiger partial charge in [-0.25, -0.2) is 4.79 Å². The summed E-state index contributed by atoms with van der Waals surface area (Å²) in [6.07, 6.45) is 0.588. The van der Waals surface area contributed by atoms with Crippen LogP contribution >= 0.6 is 0 Å². The van der Waals surface area contributed by atoms with Crippen molar-refractivity contribution in [3.8, 4) is 0 Å². The molecule has 0 spiro atoms. The van der Waals surface area contributed by atoms with Gasteiger partial charge in [0.05, 0.1) is 0 Å². The van der Waals surface area contributed by atoms with Crippen LogP contribution in [0, 0.1) is 0 Å². The van der Waals surface area contributed by atoms with Gasteiger partial charge in [0.15, 0.2) is 5.60 Å². The fourth-order valence-electron chi connectivity index (χ4n) is 0.547. The topological polar surface area (TPSA) is 55.4 Å². The zero-order valence-electron chi connectivity index (χ0n) is 7.93. The van der Waals surface area contributed by atoms with Crippen LogP contribution in [0.5, 0.6) is 0 Å². The van der Waals surface area contributed by atoms with E-state index >= 15 is 0 Å². The van der Waals surface area contributed by atoms with Crippen molar-refractivity contribution in [3.05, 3.63) is 0 Å². The van der Waals surface area contributed by atoms with Crippen LogP contribution in [0.2, 0.25) is 0 Å². The van der Waals surface area contributed by atoms with Crippen LogP contribution in [-0.4, -0.2) is 17.6 Å². The third-order valence-electron chi connectivity index (χ3n) is 1.11. The second-order valence-corrected chi connectivity index (χ2v) is 3.06. The number of hydrogen-bond donors (Lipinski definition) is 1. The van der Waals surface area contributed by atoms with Crippen molar-refractivity contribution in [2.75, 3.05) is 0 Å². The summed E-state index contributed by atoms with van der Waals surface area (Å²) < 4.78 is 4.56. The van der Waals surface area contributed by atoms with Gasteiger partial charge in [0.1, 0.15) is 0 Å². The Bertz CT molecular complexity index is 187. The maximum Gasteiger partial charge on any atom is 0.415 e. The quantitative estimate of drug-likeness (QED) is 0.603. The third-order valence-corrected chi connectivity index (χ3v) is 1.11. The molecule has 12 heavy (non-hydrogen) atoms. The molecule has 1 heterocycles. The van der Waals surface area contributed by atoms with Crippen molar-refractivity contribution in [2.45, 2.75) is 39.7 Å². The maximum atomic E-state index is 10.6. The minimum absolute atomic E-state index is 0.382. The molecule has 4 nitrogen and oxygen atoms in total. The van der Waals surface area contributed by atoms with Crippen LogP contribution in [0.3, 0.4) is 0 Å². The van der Waals surface area contributed by atoms with E-state index in [9.17, 15) is 9.59 Å². The van der Waals surface area contributed by atoms with Crippen LogP contribution in [-0.2, 0) is 9.53 Å². The third kappa shape index (κ3) is 2.90. The minimum Gasteiger partial charge on any atom is -0.433 e. The number of rotatable bonds is 0. The van der Waals surface area contributed by atoms with Gasteiger partial charge in [-0.15, -0.1) is 0 Å². The van der Waals surface area contributed by atoms with Gasteiger partial charge in [-0.1, -0.05) is 20.3 Å². The van der Waals surface area contributed by atoms with Gasteiger partial charge in [0.2, 0.25) is 0 Å². The Balaban J connectivity index is 0.000000354. The summed E-state index contributed by atoms with van der Waals surface area (Å²) in [6.45, 7) is 7.32. The number of nitrogens with one attached hydrogen (secondary N) is 1. The molecule has 70 valence electrons. The van der Waals surface area contributed by atoms with Crippen molar-refractivity contribution in [1.82, 2.24) is 5.32 Å². The second kappa shape index (κ2) is 4.09. The van der Waals surface area contributed by atoms with Crippen molar-refractivity contribution in [3.63, 3.8) is 0 Å². The number of alkyl carbamates (subject to hydrolysis) is 1. The molecule has 0 unspecified atom stereocenters. The van der Waals surface area contributed by atoms with Crippen molar-refractivity contribution < 1.29 is 14.3 Å². The molecule has 1 saturated heterocycles. The number of imide groups is 1. The summed E-state index contributed by atoms with van der Waals surface area (Å²) in [6, 6.07) is 0. The summed E-state index contributed by atoms with van der Waals surface area (Å²) in [5, 5.41) is 2.01. The predicted octanol–water partition coefficient (Wildman–Crippen LogP) is 1.45. The largest absolute Gasteiger partial charge is 0.433 e. The number of cyclic esters (lactones) is 1. The van der Waals surface area contributed by atoms with Crippen molar-refractivity contribution >= 4 is 12.0 Å². The molecule has 0 aromatic heterocycles. The fourth-order valence-corrected chi connectivity index (χ4v) is 0.547. The standard InChI is InChI=1S/C5H7NO3.C3H8/c1-5(2)3(7)6-4(8)9-5;1-3-2/h1-2H3,(H,6,7,8);3H2,1-2H3. The normalized spacial score (nSPS) is 19.0. The molecular weight excluding hydrogens is 158 g/mol. The van der Waals surface area contributed by atoms with E-state index in [2.05, 4.69) is 18.6 Å². The van der Waals surface area contributed by atoms with Crippen LogP contribution in [0.25, 0.3) is 0 Å². The van der Waals surface area contributed by atoms with Gasteiger partial charge >= 0.3 is 6.09 Å². The predicted molar refractivity (Wildman–Crippen MR) is 44.7 cm³/mol. The Morgan fingerprint density at radius 3 is 1.83 bits per heavy atom. The van der Waals surface area contributed by atoms with E-state index in [1.807, 2.05) is 5.32 Å². The Kier molecular flexibility index (Phi) is 3.73. The Morgan fingerprint density at radius 1 is 1.33 bits per heavy atom. The average molecular weight is 173 g/mol. The van der Waals surface area contributed by atoms with Gasteiger partial charge in [-0.05, 0) is 13.8 Å². The summed E-state index contributed by atoms with van der Waals surface area (Å²) in [5.74, 6) is -0.382. The van der Waals surface area contributed by atoms with Gasteiger partial charge in [-0.2, -0.15) is 0 Å². The first-order valence-electron chi connectivity index (χ1n) is 3.98. The zero-order valence-corrected chi connectivity index (χ0v) is 7.93. The number of carbonyl (C=O) groups excluding carboxylic acids is 2. The highest BCUT2D eigenvalue weighted by atomic mass is 16.6. The molecule has 1 fully saturated rings. The molecule has 0 atom stereocenters. The minimum atomic E-state index is -0.975. The Morgan fingerprint density at radius 2 is 1.75 bits per heavy atom. The van der Waals surface area contributed by atoms with Crippen LogP contribution in [0.15, 0.2) is 0 Å². The number of ether oxygens (including phenoxy) is 1. The highest BCUT2D eigenvalue weighted by molar-refractivity contribution is 6.02. The highest BCUT2D eigenvalue weighted by Gasteiger charge is 2.39. The molecule has 0 bridgehead atoms. The first-order valence-corrected chi connectivity index (χ1v) is 3.98. The van der Waals surface area contributed by atoms with E-state index in [1.165, 1.54) is 20.3 Å². The summed E-state index contributed by atoms with van der Waals surface area (Å²) in [7, 11) is 0. The smallest absolute Gasteiger partial charge is 0.415 e. The fraction of sp³-hybridized carbons (Fsp3) is 0.750. The monoisotopic (exact) mass is 173 g/mol. The van der Waals surface area contributed by atoms with Gasteiger partial charge in [-0.3, -0.25) is 10.1 Å². The molecule has 2 amide bonds. The molecule has 4 heteroatoms. The average Bonchev–Trinajstić information content (AvgIpc) is 2.06. The maximum absolute atomic E-state index is 10.6. The van der Waals surface area contributed by atoms with Crippen molar-refractivity contribution in [1.29, 1.82) is 0 Å². The van der Waals surface area contributed by atoms with Crippen LogP contribution in [0.4, 0.5) is 4.79 Å². The zero-order chi connectivity index (χ0) is 9.78. The first-order chi connectivity index (χ1) is 5.44. The lowest BCUT2D eigenvalue weighted by molar-refractivity contribution is -0.128. The summed E-state index contributed by atoms with van der Waals surface area (Å²) in [4.78, 5) is 21.0. The second-order valence-electron chi connectivity index (χ2n) is 3.06. The van der Waals surface area contributed by atoms with Crippen LogP contribution < -0.4 is 5.32 Å². The molecule has 0 aromatic rings. The molecule has 0 aromatic carbocycles. The molecule has 0 aliphatic carbocycles. The van der Waals surface area contributed by atoms with Crippen molar-refractivity contribution in [2.24, 2.45) is 0 Å². The summed E-state index contributed by atoms with van der Waals surface area (Å²) in [5.41, 5.74) is -0.975. The first kappa shape index (κ1) is 10.9. The molecule has 0 saturated carbocycles. The lowest BCUT2D eigenvalue weighted by Gasteiger charge is -2.09. The summed E-state index contributed by atoms with van der Waals surface area (Å²) >= 11 is 0. The Labute approximate surface area is 72.3 Å². The molecule has 1 aliphatic heterocycles. The SMILES string of the molecule is CC1(C)OC(=O)NC1=O.CCC. The lowest BCUT2D eigenvalue weighted by atomic mass is 10.1. The molecular formula is C8H15NO3. The van der Waals surface area contributed by atoms with Crippen LogP contribution in [0.1, 0.15) is 34.1 Å². The van der Waals surface area contributed by atoms with Gasteiger partial charge in [0.25, 0.3) is 5.91 Å². The van der Waals surface area contributed by atoms with E-state index in [0.717, 1.165) is 0 Å². The van der Waals surface area contributed by atoms with E-state index in [-0.39, 0.29) is 5.91 Å². The van der Waals surface area contributed by atoms with E-state index in [0.29, 0.717) is 0 Å². The molecule has 0 radical (unpaired) electrons. The lowest BCUT2D eigenvalue weighted by Crippen LogP contribution is -2.32. The number of hydrogen-bond acceptors (Lipinski definition) is 3. The van der Waals surface area contributed by atoms with E-state index in [1.54, 1.807) is 0 Å². The molecule has 1 N–H and O–H groups in total. The van der Waals surface area contributed by atoms with E-state index < -0.39 is 11.7 Å². The van der Waals surface area contributed by atoms with E-state index in [4.69, 9.17) is 0 Å². The number of amides is 2.